The van der Waals surface area contributed by atoms with Gasteiger partial charge in [0, 0.05) is 17.8 Å². The summed E-state index contributed by atoms with van der Waals surface area (Å²) in [6, 6.07) is 11.4. The number of hydrogen-bond donors (Lipinski definition) is 2. The number of carbonyl (C=O) groups is 1. The predicted octanol–water partition coefficient (Wildman–Crippen LogP) is 5.36. The van der Waals surface area contributed by atoms with Gasteiger partial charge in [-0.3, -0.25) is 4.72 Å². The molecule has 0 atom stereocenters. The Labute approximate surface area is 230 Å². The van der Waals surface area contributed by atoms with Crippen LogP contribution in [0.4, 0.5) is 35.3 Å². The molecule has 0 aliphatic rings. The number of alkyl halides is 3. The monoisotopic (exact) mass is 597 g/mol. The van der Waals surface area contributed by atoms with Gasteiger partial charge in [-0.25, -0.2) is 23.1 Å². The van der Waals surface area contributed by atoms with Crippen LogP contribution in [0.5, 0.6) is 11.5 Å². The molecule has 0 spiro atoms. The van der Waals surface area contributed by atoms with E-state index in [1.165, 1.54) is 61.9 Å². The van der Waals surface area contributed by atoms with Crippen LogP contribution in [0, 0.1) is 0 Å². The Morgan fingerprint density at radius 2 is 1.95 bits per heavy atom. The molecule has 0 saturated heterocycles. The van der Waals surface area contributed by atoms with Gasteiger partial charge in [-0.2, -0.15) is 13.2 Å². The number of pyridine rings is 1. The second-order valence-corrected chi connectivity index (χ2v) is 10.0. The third-order valence-corrected chi connectivity index (χ3v) is 6.87. The smallest absolute Gasteiger partial charge is 0.422 e. The Kier molecular flexibility index (Phi) is 8.06. The first-order valence-electron chi connectivity index (χ1n) is 11.0. The number of nitrogens with one attached hydrogen (secondary N) is 1. The molecule has 0 unspecified atom stereocenters. The Hall–Kier alpha value is -4.50. The highest BCUT2D eigenvalue weighted by atomic mass is 35.5. The number of hydrogen-bond acceptors (Lipinski definition) is 8. The maximum absolute atomic E-state index is 12.6. The van der Waals surface area contributed by atoms with Crippen molar-refractivity contribution in [2.45, 2.75) is 11.1 Å². The van der Waals surface area contributed by atoms with E-state index in [-0.39, 0.29) is 38.7 Å². The van der Waals surface area contributed by atoms with Gasteiger partial charge in [0.1, 0.15) is 28.5 Å². The second kappa shape index (κ2) is 11.3. The van der Waals surface area contributed by atoms with Crippen molar-refractivity contribution in [1.29, 1.82) is 0 Å². The van der Waals surface area contributed by atoms with Crippen molar-refractivity contribution in [2.24, 2.45) is 5.73 Å². The standard InChI is InChI=1S/C24H19ClF3N5O6S/c1-37-20-10-17(14-3-2-4-15(9-14)38-13-24(26,27)28)18(25)11-19(20)33(23(29)34)22-6-5-16(12-30-22)40(35,36)32-21-7-8-39-31-21/h2-12H,13H2,1H3,(H2,29,34)(H,31,32). The molecule has 0 radical (unpaired) electrons. The Bertz CT molecular complexity index is 1620. The van der Waals surface area contributed by atoms with E-state index in [1.807, 2.05) is 0 Å². The number of ether oxygens (including phenoxy) is 2. The zero-order valence-electron chi connectivity index (χ0n) is 20.3. The summed E-state index contributed by atoms with van der Waals surface area (Å²) in [6.45, 7) is -1.47. The molecule has 0 aliphatic heterocycles. The summed E-state index contributed by atoms with van der Waals surface area (Å²) >= 11 is 6.51. The lowest BCUT2D eigenvalue weighted by Gasteiger charge is -2.23. The van der Waals surface area contributed by atoms with E-state index in [0.717, 1.165) is 11.1 Å². The van der Waals surface area contributed by atoms with Gasteiger partial charge in [0.2, 0.25) is 0 Å². The van der Waals surface area contributed by atoms with E-state index < -0.39 is 28.8 Å². The molecular formula is C24H19ClF3N5O6S. The summed E-state index contributed by atoms with van der Waals surface area (Å²) in [4.78, 5) is 17.2. The van der Waals surface area contributed by atoms with Crippen LogP contribution in [0.1, 0.15) is 0 Å². The number of anilines is 3. The van der Waals surface area contributed by atoms with Gasteiger partial charge in [0.25, 0.3) is 10.0 Å². The zero-order valence-corrected chi connectivity index (χ0v) is 21.9. The molecule has 2 aromatic carbocycles. The van der Waals surface area contributed by atoms with Gasteiger partial charge < -0.3 is 19.7 Å². The summed E-state index contributed by atoms with van der Waals surface area (Å²) in [5.74, 6) is -0.0340. The summed E-state index contributed by atoms with van der Waals surface area (Å²) in [5, 5.41) is 3.57. The predicted molar refractivity (Wildman–Crippen MR) is 138 cm³/mol. The molecule has 4 aromatic rings. The minimum Gasteiger partial charge on any atom is -0.495 e. The Morgan fingerprint density at radius 3 is 2.55 bits per heavy atom. The third-order valence-electron chi connectivity index (χ3n) is 5.21. The van der Waals surface area contributed by atoms with Crippen molar-refractivity contribution in [1.82, 2.24) is 10.1 Å². The number of nitrogens with two attached hydrogens (primary N) is 1. The number of primary amides is 1. The normalized spacial score (nSPS) is 11.6. The van der Waals surface area contributed by atoms with Crippen molar-refractivity contribution in [3.8, 4) is 22.6 Å². The van der Waals surface area contributed by atoms with Crippen molar-refractivity contribution in [2.75, 3.05) is 23.3 Å². The van der Waals surface area contributed by atoms with Gasteiger partial charge in [-0.1, -0.05) is 28.9 Å². The van der Waals surface area contributed by atoms with Crippen LogP contribution in [-0.4, -0.2) is 44.5 Å². The lowest BCUT2D eigenvalue weighted by molar-refractivity contribution is -0.153. The van der Waals surface area contributed by atoms with Crippen LogP contribution in [0.3, 0.4) is 0 Å². The Balaban J connectivity index is 1.67. The van der Waals surface area contributed by atoms with E-state index >= 15 is 0 Å². The molecule has 0 bridgehead atoms. The zero-order chi connectivity index (χ0) is 29.1. The first-order valence-corrected chi connectivity index (χ1v) is 12.9. The average molecular weight is 598 g/mol. The van der Waals surface area contributed by atoms with E-state index in [2.05, 4.69) is 19.4 Å². The highest BCUT2D eigenvalue weighted by Crippen LogP contribution is 2.41. The number of benzene rings is 2. The topological polar surface area (TPSA) is 150 Å². The van der Waals surface area contributed by atoms with Crippen LogP contribution in [0.25, 0.3) is 11.1 Å². The molecule has 0 fully saturated rings. The molecule has 4 rings (SSSR count). The summed E-state index contributed by atoms with van der Waals surface area (Å²) in [5.41, 5.74) is 6.45. The molecule has 16 heteroatoms. The maximum Gasteiger partial charge on any atom is 0.422 e. The van der Waals surface area contributed by atoms with Crippen molar-refractivity contribution in [3.63, 3.8) is 0 Å². The fourth-order valence-electron chi connectivity index (χ4n) is 3.50. The molecule has 11 nitrogen and oxygen atoms in total. The van der Waals surface area contributed by atoms with Gasteiger partial charge >= 0.3 is 12.2 Å². The van der Waals surface area contributed by atoms with Crippen molar-refractivity contribution >= 4 is 45.0 Å². The summed E-state index contributed by atoms with van der Waals surface area (Å²) in [6.07, 6.45) is -2.32. The van der Waals surface area contributed by atoms with E-state index in [0.29, 0.717) is 11.1 Å². The van der Waals surface area contributed by atoms with Crippen LogP contribution in [0.2, 0.25) is 5.02 Å². The van der Waals surface area contributed by atoms with Gasteiger partial charge in [-0.15, -0.1) is 0 Å². The Morgan fingerprint density at radius 1 is 1.18 bits per heavy atom. The third kappa shape index (κ3) is 6.55. The molecular weight excluding hydrogens is 579 g/mol. The molecule has 3 N–H and O–H groups in total. The number of amides is 2. The summed E-state index contributed by atoms with van der Waals surface area (Å²) in [7, 11) is -2.75. The van der Waals surface area contributed by atoms with E-state index in [9.17, 15) is 26.4 Å². The lowest BCUT2D eigenvalue weighted by atomic mass is 10.0. The SMILES string of the molecule is COc1cc(-c2cccc(OCC(F)(F)F)c2)c(Cl)cc1N(C(N)=O)c1ccc(S(=O)(=O)Nc2ccon2)cn1. The van der Waals surface area contributed by atoms with E-state index in [4.69, 9.17) is 26.8 Å². The molecule has 2 heterocycles. The first kappa shape index (κ1) is 28.5. The van der Waals surface area contributed by atoms with Crippen LogP contribution in [-0.2, 0) is 10.0 Å². The number of aromatic nitrogens is 2. The lowest BCUT2D eigenvalue weighted by Crippen LogP contribution is -2.32. The van der Waals surface area contributed by atoms with Gasteiger partial charge in [-0.05, 0) is 42.0 Å². The number of carbonyl (C=O) groups excluding carboxylic acids is 1. The largest absolute Gasteiger partial charge is 0.495 e. The minimum absolute atomic E-state index is 0.0371. The highest BCUT2D eigenvalue weighted by molar-refractivity contribution is 7.92. The molecule has 0 saturated carbocycles. The van der Waals surface area contributed by atoms with Gasteiger partial charge in [0.05, 0.1) is 17.8 Å². The molecule has 0 aliphatic carbocycles. The van der Waals surface area contributed by atoms with Gasteiger partial charge in [0.15, 0.2) is 12.4 Å². The molecule has 2 aromatic heterocycles. The number of methoxy groups -OCH3 is 1. The number of rotatable bonds is 9. The molecule has 210 valence electrons. The second-order valence-electron chi connectivity index (χ2n) is 7.95. The average Bonchev–Trinajstić information content (AvgIpc) is 3.40. The summed E-state index contributed by atoms with van der Waals surface area (Å²) < 4.78 is 79.9. The number of sulfonamides is 1. The molecule has 2 amide bonds. The number of halogens is 4. The number of urea groups is 1. The van der Waals surface area contributed by atoms with E-state index in [1.54, 1.807) is 6.07 Å². The van der Waals surface area contributed by atoms with Crippen molar-refractivity contribution in [3.05, 3.63) is 72.1 Å². The van der Waals surface area contributed by atoms with Crippen molar-refractivity contribution < 1.29 is 40.4 Å². The van der Waals surface area contributed by atoms with Crippen LogP contribution < -0.4 is 24.8 Å². The fraction of sp³-hybridized carbons (Fsp3) is 0.125. The fourth-order valence-corrected chi connectivity index (χ4v) is 4.71. The quantitative estimate of drug-likeness (QED) is 0.262. The minimum atomic E-state index is -4.51. The first-order chi connectivity index (χ1) is 18.9. The van der Waals surface area contributed by atoms with Crippen LogP contribution >= 0.6 is 11.6 Å². The highest BCUT2D eigenvalue weighted by Gasteiger charge is 2.29. The molecule has 40 heavy (non-hydrogen) atoms. The maximum atomic E-state index is 12.6. The van der Waals surface area contributed by atoms with Crippen LogP contribution in [0.15, 0.2) is 76.5 Å². The number of nitrogens with zero attached hydrogens (tertiary/aromatic N) is 3.